The van der Waals surface area contributed by atoms with Gasteiger partial charge in [0.2, 0.25) is 0 Å². The third kappa shape index (κ3) is 2.28. The van der Waals surface area contributed by atoms with Crippen molar-refractivity contribution >= 4 is 0 Å². The fourth-order valence-electron chi connectivity index (χ4n) is 2.36. The number of phenolic OH excluding ortho intramolecular Hbond substituents is 1. The smallest absolute Gasteiger partial charge is 0.115 e. The number of rotatable bonds is 1. The van der Waals surface area contributed by atoms with Crippen LogP contribution in [0, 0.1) is 0 Å². The standard InChI is InChI=1S/C13H18O/c14-13-9-7-12(8-10-13)11-5-3-1-2-4-6-11/h7-11,14H,1-6H2. The van der Waals surface area contributed by atoms with Crippen LogP contribution in [0.4, 0.5) is 0 Å². The summed E-state index contributed by atoms with van der Waals surface area (Å²) in [5.74, 6) is 1.11. The SMILES string of the molecule is Oc1ccc(C2CCCCCC2)cc1. The second-order valence-electron chi connectivity index (χ2n) is 4.28. The summed E-state index contributed by atoms with van der Waals surface area (Å²) in [6.45, 7) is 0. The minimum Gasteiger partial charge on any atom is -0.508 e. The molecule has 0 aliphatic heterocycles. The van der Waals surface area contributed by atoms with Crippen molar-refractivity contribution < 1.29 is 5.11 Å². The van der Waals surface area contributed by atoms with Gasteiger partial charge in [0.15, 0.2) is 0 Å². The average Bonchev–Trinajstić information content (AvgIpc) is 2.47. The van der Waals surface area contributed by atoms with E-state index in [9.17, 15) is 5.11 Å². The summed E-state index contributed by atoms with van der Waals surface area (Å²) in [7, 11) is 0. The zero-order chi connectivity index (χ0) is 9.80. The normalized spacial score (nSPS) is 19.1. The molecule has 1 fully saturated rings. The molecule has 0 unspecified atom stereocenters. The number of phenols is 1. The third-order valence-electron chi connectivity index (χ3n) is 3.22. The molecule has 0 aromatic heterocycles. The summed E-state index contributed by atoms with van der Waals surface area (Å²) in [5, 5.41) is 9.21. The van der Waals surface area contributed by atoms with E-state index in [1.165, 1.54) is 44.1 Å². The first-order chi connectivity index (χ1) is 6.86. The predicted molar refractivity (Wildman–Crippen MR) is 58.5 cm³/mol. The summed E-state index contributed by atoms with van der Waals surface area (Å²) in [4.78, 5) is 0. The van der Waals surface area contributed by atoms with Gasteiger partial charge in [-0.3, -0.25) is 0 Å². The Balaban J connectivity index is 2.08. The molecule has 1 aliphatic rings. The summed E-state index contributed by atoms with van der Waals surface area (Å²) in [6.07, 6.45) is 8.18. The van der Waals surface area contributed by atoms with Crippen LogP contribution in [0.15, 0.2) is 24.3 Å². The van der Waals surface area contributed by atoms with Crippen molar-refractivity contribution in [1.82, 2.24) is 0 Å². The molecule has 2 rings (SSSR count). The molecule has 14 heavy (non-hydrogen) atoms. The number of hydrogen-bond acceptors (Lipinski definition) is 1. The molecule has 1 heteroatoms. The highest BCUT2D eigenvalue weighted by atomic mass is 16.3. The van der Waals surface area contributed by atoms with Gasteiger partial charge in [0.1, 0.15) is 5.75 Å². The Hall–Kier alpha value is -0.980. The van der Waals surface area contributed by atoms with Crippen molar-refractivity contribution in [2.24, 2.45) is 0 Å². The van der Waals surface area contributed by atoms with Crippen molar-refractivity contribution in [2.45, 2.75) is 44.4 Å². The van der Waals surface area contributed by atoms with E-state index in [0.717, 1.165) is 5.92 Å². The first-order valence-corrected chi connectivity index (χ1v) is 5.65. The van der Waals surface area contributed by atoms with Gasteiger partial charge in [0.25, 0.3) is 0 Å². The van der Waals surface area contributed by atoms with Gasteiger partial charge in [-0.2, -0.15) is 0 Å². The van der Waals surface area contributed by atoms with E-state index in [4.69, 9.17) is 0 Å². The lowest BCUT2D eigenvalue weighted by Crippen LogP contribution is -1.96. The second kappa shape index (κ2) is 4.50. The Morgan fingerprint density at radius 2 is 1.43 bits per heavy atom. The fourth-order valence-corrected chi connectivity index (χ4v) is 2.36. The molecule has 76 valence electrons. The number of aromatic hydroxyl groups is 1. The fraction of sp³-hybridized carbons (Fsp3) is 0.538. The Labute approximate surface area is 85.8 Å². The maximum absolute atomic E-state index is 9.21. The largest absolute Gasteiger partial charge is 0.508 e. The molecular weight excluding hydrogens is 172 g/mol. The Bertz CT molecular complexity index is 268. The minimum absolute atomic E-state index is 0.377. The topological polar surface area (TPSA) is 20.2 Å². The lowest BCUT2D eigenvalue weighted by molar-refractivity contribution is 0.474. The Kier molecular flexibility index (Phi) is 3.07. The van der Waals surface area contributed by atoms with Crippen molar-refractivity contribution in [3.05, 3.63) is 29.8 Å². The lowest BCUT2D eigenvalue weighted by Gasteiger charge is -2.13. The van der Waals surface area contributed by atoms with E-state index in [-0.39, 0.29) is 0 Å². The van der Waals surface area contributed by atoms with Crippen LogP contribution in [-0.2, 0) is 0 Å². The molecule has 1 aliphatic carbocycles. The Morgan fingerprint density at radius 1 is 0.857 bits per heavy atom. The first-order valence-electron chi connectivity index (χ1n) is 5.65. The van der Waals surface area contributed by atoms with Crippen LogP contribution in [0.2, 0.25) is 0 Å². The van der Waals surface area contributed by atoms with Crippen LogP contribution in [0.5, 0.6) is 5.75 Å². The van der Waals surface area contributed by atoms with Gasteiger partial charge in [0, 0.05) is 0 Å². The molecule has 0 radical (unpaired) electrons. The van der Waals surface area contributed by atoms with Crippen LogP contribution < -0.4 is 0 Å². The van der Waals surface area contributed by atoms with Crippen LogP contribution in [0.25, 0.3) is 0 Å². The minimum atomic E-state index is 0.377. The van der Waals surface area contributed by atoms with Gasteiger partial charge < -0.3 is 5.11 Å². The highest BCUT2D eigenvalue weighted by Crippen LogP contribution is 2.31. The molecule has 1 saturated carbocycles. The first kappa shape index (κ1) is 9.57. The third-order valence-corrected chi connectivity index (χ3v) is 3.22. The zero-order valence-corrected chi connectivity index (χ0v) is 8.58. The molecule has 0 heterocycles. The van der Waals surface area contributed by atoms with Crippen molar-refractivity contribution in [3.63, 3.8) is 0 Å². The van der Waals surface area contributed by atoms with E-state index in [1.54, 1.807) is 12.1 Å². The van der Waals surface area contributed by atoms with Gasteiger partial charge in [-0.25, -0.2) is 0 Å². The molecule has 0 bridgehead atoms. The predicted octanol–water partition coefficient (Wildman–Crippen LogP) is 3.83. The molecule has 0 atom stereocenters. The maximum Gasteiger partial charge on any atom is 0.115 e. The molecular formula is C13H18O. The summed E-state index contributed by atoms with van der Waals surface area (Å²) in [6, 6.07) is 7.76. The monoisotopic (exact) mass is 190 g/mol. The Morgan fingerprint density at radius 3 is 2.00 bits per heavy atom. The molecule has 1 aromatic rings. The van der Waals surface area contributed by atoms with Gasteiger partial charge in [-0.15, -0.1) is 0 Å². The van der Waals surface area contributed by atoms with Gasteiger partial charge in [0.05, 0.1) is 0 Å². The summed E-state index contributed by atoms with van der Waals surface area (Å²) < 4.78 is 0. The average molecular weight is 190 g/mol. The molecule has 1 N–H and O–H groups in total. The van der Waals surface area contributed by atoms with Gasteiger partial charge >= 0.3 is 0 Å². The highest BCUT2D eigenvalue weighted by Gasteiger charge is 2.13. The quantitative estimate of drug-likeness (QED) is 0.667. The van der Waals surface area contributed by atoms with Crippen LogP contribution in [0.3, 0.4) is 0 Å². The van der Waals surface area contributed by atoms with Crippen molar-refractivity contribution in [1.29, 1.82) is 0 Å². The van der Waals surface area contributed by atoms with Crippen molar-refractivity contribution in [2.75, 3.05) is 0 Å². The van der Waals surface area contributed by atoms with E-state index in [0.29, 0.717) is 5.75 Å². The molecule has 1 aromatic carbocycles. The van der Waals surface area contributed by atoms with E-state index < -0.39 is 0 Å². The van der Waals surface area contributed by atoms with E-state index in [1.807, 2.05) is 0 Å². The maximum atomic E-state index is 9.21. The van der Waals surface area contributed by atoms with Crippen molar-refractivity contribution in [3.8, 4) is 5.75 Å². The van der Waals surface area contributed by atoms with Gasteiger partial charge in [-0.05, 0) is 36.5 Å². The zero-order valence-electron chi connectivity index (χ0n) is 8.58. The number of benzene rings is 1. The van der Waals surface area contributed by atoms with E-state index >= 15 is 0 Å². The molecule has 0 spiro atoms. The summed E-state index contributed by atoms with van der Waals surface area (Å²) >= 11 is 0. The van der Waals surface area contributed by atoms with E-state index in [2.05, 4.69) is 12.1 Å². The lowest BCUT2D eigenvalue weighted by atomic mass is 9.92. The van der Waals surface area contributed by atoms with Crippen LogP contribution >= 0.6 is 0 Å². The second-order valence-corrected chi connectivity index (χ2v) is 4.28. The van der Waals surface area contributed by atoms with Gasteiger partial charge in [-0.1, -0.05) is 37.8 Å². The molecule has 0 amide bonds. The highest BCUT2D eigenvalue weighted by molar-refractivity contribution is 5.28. The summed E-state index contributed by atoms with van der Waals surface area (Å²) in [5.41, 5.74) is 1.41. The molecule has 1 nitrogen and oxygen atoms in total. The number of hydrogen-bond donors (Lipinski definition) is 1. The van der Waals surface area contributed by atoms with Crippen LogP contribution in [-0.4, -0.2) is 5.11 Å². The van der Waals surface area contributed by atoms with Crippen LogP contribution in [0.1, 0.15) is 50.0 Å². The molecule has 0 saturated heterocycles.